The van der Waals surface area contributed by atoms with Crippen molar-refractivity contribution >= 4 is 66.4 Å². The van der Waals surface area contributed by atoms with Gasteiger partial charge in [-0.3, -0.25) is 0 Å². The fraction of sp³-hybridized carbons (Fsp3) is 0.0959. The highest BCUT2D eigenvalue weighted by Gasteiger charge is 2.36. The van der Waals surface area contributed by atoms with Gasteiger partial charge in [0.2, 0.25) is 0 Å². The Balaban J connectivity index is 1.05. The van der Waals surface area contributed by atoms with Crippen LogP contribution in [0.4, 0.5) is 34.1 Å². The van der Waals surface area contributed by atoms with Crippen LogP contribution in [-0.2, 0) is 31.1 Å². The van der Waals surface area contributed by atoms with Gasteiger partial charge in [0.25, 0.3) is 0 Å². The first-order valence-electron chi connectivity index (χ1n) is 26.7. The molecule has 0 saturated heterocycles. The Morgan fingerprint density at radius 2 is 0.707 bits per heavy atom. The molecule has 0 radical (unpaired) electrons. The summed E-state index contributed by atoms with van der Waals surface area (Å²) in [5.41, 5.74) is 25.4. The first kappa shape index (κ1) is 43.6. The monoisotopic (exact) mass is 958 g/mol. The molecular weight excluding hydrogens is 905 g/mol. The zero-order valence-corrected chi connectivity index (χ0v) is 42.3. The molecule has 0 saturated carbocycles. The maximum atomic E-state index is 2.53. The Morgan fingerprint density at radius 1 is 0.293 bits per heavy atom. The molecule has 3 aliphatic rings. The van der Waals surface area contributed by atoms with E-state index in [2.05, 4.69) is 266 Å². The van der Waals surface area contributed by atoms with E-state index in [9.17, 15) is 0 Å². The average molecular weight is 959 g/mol. The lowest BCUT2D eigenvalue weighted by atomic mass is 9.80. The number of para-hydroxylation sites is 4. The standard InChI is InChI=1S/C73H54N2/c1-73(2)65-23-11-10-22-59(65)60-39-36-56(44-66(60)73)72-62-41-38-57(74-67-24-12-6-18-48(67)28-29-49-19-7-13-25-68(49)74)45-63(62)71(55-35-34-53-42-52(32-33-54(53)43-55)47-16-4-3-5-17-47)61-40-37-58(46-64(61)72)75-69-26-14-8-20-50(69)30-31-51-21-9-15-27-70(51)75/h3-27,32-46H,28-31H2,1-2H3. The van der Waals surface area contributed by atoms with E-state index in [-0.39, 0.29) is 5.41 Å². The second kappa shape index (κ2) is 17.0. The normalized spacial score (nSPS) is 14.1. The van der Waals surface area contributed by atoms with Gasteiger partial charge in [0.15, 0.2) is 0 Å². The van der Waals surface area contributed by atoms with Gasteiger partial charge in [-0.25, -0.2) is 0 Å². The predicted molar refractivity (Wildman–Crippen MR) is 317 cm³/mol. The first-order chi connectivity index (χ1) is 36.9. The molecule has 2 heteroatoms. The summed E-state index contributed by atoms with van der Waals surface area (Å²) in [6, 6.07) is 92.0. The van der Waals surface area contributed by atoms with Gasteiger partial charge in [-0.1, -0.05) is 190 Å². The molecule has 2 heterocycles. The van der Waals surface area contributed by atoms with Crippen LogP contribution in [0.1, 0.15) is 47.2 Å². The third kappa shape index (κ3) is 6.93. The van der Waals surface area contributed by atoms with Gasteiger partial charge in [-0.05, 0) is 203 Å². The van der Waals surface area contributed by atoms with Crippen LogP contribution in [0.2, 0.25) is 0 Å². The number of hydrogen-bond acceptors (Lipinski definition) is 2. The highest BCUT2D eigenvalue weighted by molar-refractivity contribution is 6.23. The topological polar surface area (TPSA) is 6.48 Å². The van der Waals surface area contributed by atoms with Crippen molar-refractivity contribution in [2.45, 2.75) is 44.9 Å². The Morgan fingerprint density at radius 3 is 1.24 bits per heavy atom. The maximum Gasteiger partial charge on any atom is 0.0493 e. The molecular formula is C73H54N2. The fourth-order valence-electron chi connectivity index (χ4n) is 13.3. The highest BCUT2D eigenvalue weighted by atomic mass is 15.2. The van der Waals surface area contributed by atoms with Crippen molar-refractivity contribution in [3.05, 3.63) is 276 Å². The number of hydrogen-bond donors (Lipinski definition) is 0. The Labute approximate surface area is 439 Å². The molecule has 356 valence electrons. The van der Waals surface area contributed by atoms with Crippen molar-refractivity contribution in [1.29, 1.82) is 0 Å². The van der Waals surface area contributed by atoms with Crippen LogP contribution in [0.5, 0.6) is 0 Å². The minimum absolute atomic E-state index is 0.162. The number of rotatable bonds is 5. The molecule has 0 N–H and O–H groups in total. The SMILES string of the molecule is CC1(C)c2ccccc2-c2ccc(-c3c4ccc(N5c6ccccc6CCc6ccccc65)cc4c(-c4ccc5cc(-c6ccccc6)ccc5c4)c4ccc(N5c6ccccc6CCc6ccccc65)cc34)cc21. The van der Waals surface area contributed by atoms with Crippen molar-refractivity contribution in [2.75, 3.05) is 9.80 Å². The van der Waals surface area contributed by atoms with Crippen molar-refractivity contribution in [3.8, 4) is 44.5 Å². The molecule has 0 aromatic heterocycles. The minimum atomic E-state index is -0.162. The predicted octanol–water partition coefficient (Wildman–Crippen LogP) is 19.6. The van der Waals surface area contributed by atoms with Gasteiger partial charge < -0.3 is 9.80 Å². The molecule has 2 nitrogen and oxygen atoms in total. The van der Waals surface area contributed by atoms with Crippen molar-refractivity contribution < 1.29 is 0 Å². The zero-order chi connectivity index (χ0) is 49.8. The molecule has 12 aromatic rings. The zero-order valence-electron chi connectivity index (χ0n) is 42.3. The Bertz CT molecular complexity index is 4200. The molecule has 0 bridgehead atoms. The van der Waals surface area contributed by atoms with Gasteiger partial charge >= 0.3 is 0 Å². The van der Waals surface area contributed by atoms with Crippen LogP contribution in [0, 0.1) is 0 Å². The molecule has 0 spiro atoms. The molecule has 15 rings (SSSR count). The van der Waals surface area contributed by atoms with Gasteiger partial charge in [-0.15, -0.1) is 0 Å². The van der Waals surface area contributed by atoms with Crippen LogP contribution in [0.3, 0.4) is 0 Å². The number of nitrogens with zero attached hydrogens (tertiary/aromatic N) is 2. The van der Waals surface area contributed by atoms with E-state index in [4.69, 9.17) is 0 Å². The number of benzene rings is 12. The van der Waals surface area contributed by atoms with Crippen LogP contribution in [0.15, 0.2) is 243 Å². The fourth-order valence-corrected chi connectivity index (χ4v) is 13.3. The second-order valence-electron chi connectivity index (χ2n) is 21.5. The third-order valence-corrected chi connectivity index (χ3v) is 17.0. The molecule has 0 amide bonds. The largest absolute Gasteiger partial charge is 0.310 e. The van der Waals surface area contributed by atoms with Crippen LogP contribution >= 0.6 is 0 Å². The summed E-state index contributed by atoms with van der Waals surface area (Å²) in [4.78, 5) is 5.06. The Kier molecular flexibility index (Phi) is 9.91. The van der Waals surface area contributed by atoms with E-state index in [1.165, 1.54) is 133 Å². The van der Waals surface area contributed by atoms with Crippen molar-refractivity contribution in [2.24, 2.45) is 0 Å². The number of fused-ring (bicyclic) bond motifs is 10. The second-order valence-corrected chi connectivity index (χ2v) is 21.5. The van der Waals surface area contributed by atoms with Gasteiger partial charge in [0.05, 0.1) is 0 Å². The summed E-state index contributed by atoms with van der Waals surface area (Å²) >= 11 is 0. The van der Waals surface area contributed by atoms with Crippen LogP contribution in [0.25, 0.3) is 76.8 Å². The quantitative estimate of drug-likeness (QED) is 0.159. The summed E-state index contributed by atoms with van der Waals surface area (Å²) in [6.45, 7) is 4.80. The van der Waals surface area contributed by atoms with E-state index in [1.54, 1.807) is 0 Å². The van der Waals surface area contributed by atoms with E-state index in [0.717, 1.165) is 37.1 Å². The van der Waals surface area contributed by atoms with Crippen LogP contribution < -0.4 is 9.80 Å². The lowest BCUT2D eigenvalue weighted by Gasteiger charge is -2.29. The summed E-state index contributed by atoms with van der Waals surface area (Å²) < 4.78 is 0. The number of aryl methyl sites for hydroxylation is 4. The van der Waals surface area contributed by atoms with Crippen LogP contribution in [-0.4, -0.2) is 0 Å². The van der Waals surface area contributed by atoms with Gasteiger partial charge in [0, 0.05) is 39.5 Å². The number of anilines is 6. The smallest absolute Gasteiger partial charge is 0.0493 e. The summed E-state index contributed by atoms with van der Waals surface area (Å²) in [5.74, 6) is 0. The van der Waals surface area contributed by atoms with E-state index >= 15 is 0 Å². The van der Waals surface area contributed by atoms with Crippen molar-refractivity contribution in [3.63, 3.8) is 0 Å². The van der Waals surface area contributed by atoms with Gasteiger partial charge in [-0.2, -0.15) is 0 Å². The van der Waals surface area contributed by atoms with Crippen molar-refractivity contribution in [1.82, 2.24) is 0 Å². The average Bonchev–Trinajstić information content (AvgIpc) is 3.60. The highest BCUT2D eigenvalue weighted by Crippen LogP contribution is 2.54. The Hall–Kier alpha value is -8.98. The summed E-state index contributed by atoms with van der Waals surface area (Å²) in [7, 11) is 0. The minimum Gasteiger partial charge on any atom is -0.310 e. The maximum absolute atomic E-state index is 2.53. The lowest BCUT2D eigenvalue weighted by Crippen LogP contribution is -2.15. The first-order valence-corrected chi connectivity index (χ1v) is 26.7. The lowest BCUT2D eigenvalue weighted by molar-refractivity contribution is 0.660. The van der Waals surface area contributed by atoms with E-state index < -0.39 is 0 Å². The molecule has 12 aromatic carbocycles. The van der Waals surface area contributed by atoms with E-state index in [1.807, 2.05) is 0 Å². The molecule has 0 atom stereocenters. The summed E-state index contributed by atoms with van der Waals surface area (Å²) in [6.07, 6.45) is 3.97. The summed E-state index contributed by atoms with van der Waals surface area (Å²) in [5, 5.41) is 7.38. The third-order valence-electron chi connectivity index (χ3n) is 17.0. The molecule has 75 heavy (non-hydrogen) atoms. The molecule has 0 unspecified atom stereocenters. The molecule has 1 aliphatic carbocycles. The van der Waals surface area contributed by atoms with E-state index in [0.29, 0.717) is 0 Å². The molecule has 0 fully saturated rings. The van der Waals surface area contributed by atoms with Gasteiger partial charge in [0.1, 0.15) is 0 Å². The molecule has 2 aliphatic heterocycles.